The summed E-state index contributed by atoms with van der Waals surface area (Å²) >= 11 is 0. The van der Waals surface area contributed by atoms with E-state index in [0.717, 1.165) is 44.8 Å². The average Bonchev–Trinajstić information content (AvgIpc) is 3.46. The first-order valence-electron chi connectivity index (χ1n) is 13.8. The number of aromatic nitrogens is 4. The van der Waals surface area contributed by atoms with Crippen LogP contribution < -0.4 is 4.74 Å². The highest BCUT2D eigenvalue weighted by Gasteiger charge is 2.33. The summed E-state index contributed by atoms with van der Waals surface area (Å²) in [5.41, 5.74) is 4.98. The zero-order valence-corrected chi connectivity index (χ0v) is 23.9. The zero-order valence-electron chi connectivity index (χ0n) is 23.9. The van der Waals surface area contributed by atoms with Gasteiger partial charge < -0.3 is 19.1 Å². The number of hydrogen-bond donors (Lipinski definition) is 1. The maximum absolute atomic E-state index is 15.9. The third kappa shape index (κ3) is 4.67. The van der Waals surface area contributed by atoms with Crippen LogP contribution in [0.15, 0.2) is 48.8 Å². The summed E-state index contributed by atoms with van der Waals surface area (Å²) < 4.78 is 45.8. The van der Waals surface area contributed by atoms with E-state index in [4.69, 9.17) is 14.5 Å². The fourth-order valence-electron chi connectivity index (χ4n) is 6.24. The number of fused-ring (bicyclic) bond motifs is 3. The molecule has 41 heavy (non-hydrogen) atoms. The molecule has 0 saturated carbocycles. The lowest BCUT2D eigenvalue weighted by molar-refractivity contribution is 0.0547. The molecule has 0 amide bonds. The quantitative estimate of drug-likeness (QED) is 0.259. The molecule has 1 unspecified atom stereocenters. The van der Waals surface area contributed by atoms with Gasteiger partial charge in [-0.05, 0) is 68.9 Å². The Bertz CT molecular complexity index is 1740. The van der Waals surface area contributed by atoms with E-state index in [2.05, 4.69) is 15.7 Å². The summed E-state index contributed by atoms with van der Waals surface area (Å²) in [6.45, 7) is 6.53. The van der Waals surface area contributed by atoms with Gasteiger partial charge >= 0.3 is 0 Å². The van der Waals surface area contributed by atoms with E-state index in [1.54, 1.807) is 13.8 Å². The molecule has 1 N–H and O–H groups in total. The van der Waals surface area contributed by atoms with Crippen molar-refractivity contribution in [1.29, 1.82) is 0 Å². The van der Waals surface area contributed by atoms with Gasteiger partial charge in [0.15, 0.2) is 11.6 Å². The molecular weight excluding hydrogens is 526 g/mol. The highest BCUT2D eigenvalue weighted by molar-refractivity contribution is 6.07. The van der Waals surface area contributed by atoms with E-state index in [0.29, 0.717) is 31.6 Å². The molecule has 0 spiro atoms. The van der Waals surface area contributed by atoms with Crippen LogP contribution in [-0.4, -0.2) is 44.8 Å². The van der Waals surface area contributed by atoms with Gasteiger partial charge in [0.05, 0.1) is 47.2 Å². The Balaban J connectivity index is 1.72. The number of pyridine rings is 1. The lowest BCUT2D eigenvalue weighted by atomic mass is 9.86. The third-order valence-electron chi connectivity index (χ3n) is 8.32. The molecule has 1 aliphatic heterocycles. The summed E-state index contributed by atoms with van der Waals surface area (Å²) in [4.78, 5) is 4.91. The Kier molecular flexibility index (Phi) is 6.82. The largest absolute Gasteiger partial charge is 0.494 e. The van der Waals surface area contributed by atoms with Crippen molar-refractivity contribution < 1.29 is 23.4 Å². The van der Waals surface area contributed by atoms with Crippen LogP contribution in [0, 0.1) is 24.5 Å². The Hall–Kier alpha value is -3.82. The van der Waals surface area contributed by atoms with Crippen LogP contribution in [0.5, 0.6) is 5.75 Å². The highest BCUT2D eigenvalue weighted by atomic mass is 19.1. The summed E-state index contributed by atoms with van der Waals surface area (Å²) in [6.07, 6.45) is 5.00. The SMILES string of the molecule is COc1cc(F)c(C(C2CCOCC2)n2c3cc(C(C)(C)O)ccc3c3ncc(-c4c(C)cnn4C)cc32)cc1F. The maximum atomic E-state index is 15.9. The summed E-state index contributed by atoms with van der Waals surface area (Å²) in [7, 11) is 3.21. The van der Waals surface area contributed by atoms with Crippen molar-refractivity contribution in [2.45, 2.75) is 45.3 Å². The van der Waals surface area contributed by atoms with Crippen LogP contribution in [0.1, 0.15) is 49.4 Å². The highest BCUT2D eigenvalue weighted by Crippen LogP contribution is 2.43. The fraction of sp³-hybridized carbons (Fsp3) is 0.375. The predicted molar refractivity (Wildman–Crippen MR) is 154 cm³/mol. The Morgan fingerprint density at radius 2 is 1.80 bits per heavy atom. The Labute approximate surface area is 237 Å². The molecule has 1 atom stereocenters. The molecule has 1 saturated heterocycles. The maximum Gasteiger partial charge on any atom is 0.165 e. The molecule has 6 rings (SSSR count). The van der Waals surface area contributed by atoms with Gasteiger partial charge in [-0.1, -0.05) is 12.1 Å². The molecule has 1 aliphatic rings. The number of rotatable bonds is 6. The smallest absolute Gasteiger partial charge is 0.165 e. The second kappa shape index (κ2) is 10.2. The van der Waals surface area contributed by atoms with Crippen molar-refractivity contribution in [3.8, 4) is 17.0 Å². The van der Waals surface area contributed by atoms with Crippen LogP contribution in [0.25, 0.3) is 33.2 Å². The molecule has 3 aromatic heterocycles. The molecule has 0 bridgehead atoms. The standard InChI is InChI=1S/C32H34F2N4O3/c1-18-16-36-37(4)30(18)20-12-27-29(35-17-20)22-7-6-21(32(2,3)39)13-26(22)38(27)31(19-8-10-41-11-9-19)23-14-25(34)28(40-5)15-24(23)33/h6-7,12-17,19,31,39H,8-11H2,1-5H3. The Morgan fingerprint density at radius 3 is 2.46 bits per heavy atom. The van der Waals surface area contributed by atoms with E-state index in [1.165, 1.54) is 13.2 Å². The predicted octanol–water partition coefficient (Wildman–Crippen LogP) is 6.43. The minimum Gasteiger partial charge on any atom is -0.494 e. The van der Waals surface area contributed by atoms with Gasteiger partial charge in [0.2, 0.25) is 0 Å². The first-order valence-corrected chi connectivity index (χ1v) is 13.8. The van der Waals surface area contributed by atoms with Crippen LogP contribution in [-0.2, 0) is 17.4 Å². The van der Waals surface area contributed by atoms with Crippen molar-refractivity contribution in [3.05, 3.63) is 77.1 Å². The number of aryl methyl sites for hydroxylation is 2. The molecule has 4 heterocycles. The monoisotopic (exact) mass is 560 g/mol. The molecule has 1 fully saturated rings. The number of ether oxygens (including phenoxy) is 2. The van der Waals surface area contributed by atoms with E-state index in [1.807, 2.05) is 49.2 Å². The van der Waals surface area contributed by atoms with Gasteiger partial charge in [-0.15, -0.1) is 0 Å². The topological polar surface area (TPSA) is 74.3 Å². The lowest BCUT2D eigenvalue weighted by Crippen LogP contribution is -2.28. The first kappa shape index (κ1) is 27.4. The van der Waals surface area contributed by atoms with Crippen molar-refractivity contribution in [2.75, 3.05) is 20.3 Å². The summed E-state index contributed by atoms with van der Waals surface area (Å²) in [6, 6.07) is 9.65. The molecule has 0 aliphatic carbocycles. The third-order valence-corrected chi connectivity index (χ3v) is 8.32. The summed E-state index contributed by atoms with van der Waals surface area (Å²) in [5.74, 6) is -1.35. The molecule has 5 aromatic rings. The van der Waals surface area contributed by atoms with Gasteiger partial charge in [-0.2, -0.15) is 5.10 Å². The average molecular weight is 561 g/mol. The number of halogens is 2. The van der Waals surface area contributed by atoms with Crippen LogP contribution in [0.2, 0.25) is 0 Å². The van der Waals surface area contributed by atoms with Crippen LogP contribution in [0.3, 0.4) is 0 Å². The van der Waals surface area contributed by atoms with E-state index in [9.17, 15) is 5.11 Å². The number of aliphatic hydroxyl groups is 1. The van der Waals surface area contributed by atoms with Crippen molar-refractivity contribution in [2.24, 2.45) is 13.0 Å². The second-order valence-corrected chi connectivity index (χ2v) is 11.5. The molecule has 9 heteroatoms. The fourth-order valence-corrected chi connectivity index (χ4v) is 6.24. The minimum atomic E-state index is -1.11. The van der Waals surface area contributed by atoms with Gasteiger partial charge in [0, 0.05) is 49.0 Å². The van der Waals surface area contributed by atoms with Crippen molar-refractivity contribution in [3.63, 3.8) is 0 Å². The van der Waals surface area contributed by atoms with Gasteiger partial charge in [0.25, 0.3) is 0 Å². The summed E-state index contributed by atoms with van der Waals surface area (Å²) in [5, 5.41) is 16.2. The lowest BCUT2D eigenvalue weighted by Gasteiger charge is -2.33. The molecule has 214 valence electrons. The van der Waals surface area contributed by atoms with Gasteiger partial charge in [-0.25, -0.2) is 8.78 Å². The number of nitrogens with zero attached hydrogens (tertiary/aromatic N) is 4. The normalized spacial score (nSPS) is 15.6. The molecule has 2 aromatic carbocycles. The molecular formula is C32H34F2N4O3. The van der Waals surface area contributed by atoms with Crippen molar-refractivity contribution >= 4 is 21.9 Å². The number of hydrogen-bond acceptors (Lipinski definition) is 5. The number of methoxy groups -OCH3 is 1. The Morgan fingerprint density at radius 1 is 1.05 bits per heavy atom. The molecule has 7 nitrogen and oxygen atoms in total. The molecule has 0 radical (unpaired) electrons. The first-order chi connectivity index (χ1) is 19.6. The van der Waals surface area contributed by atoms with E-state index >= 15 is 8.78 Å². The minimum absolute atomic E-state index is 0.0438. The van der Waals surface area contributed by atoms with Crippen LogP contribution >= 0.6 is 0 Å². The van der Waals surface area contributed by atoms with Gasteiger partial charge in [0.1, 0.15) is 5.82 Å². The van der Waals surface area contributed by atoms with E-state index in [-0.39, 0.29) is 17.2 Å². The second-order valence-electron chi connectivity index (χ2n) is 11.5. The van der Waals surface area contributed by atoms with Crippen LogP contribution in [0.4, 0.5) is 8.78 Å². The van der Waals surface area contributed by atoms with Gasteiger partial charge in [-0.3, -0.25) is 9.67 Å². The zero-order chi connectivity index (χ0) is 29.1. The van der Waals surface area contributed by atoms with Crippen molar-refractivity contribution in [1.82, 2.24) is 19.3 Å². The van der Waals surface area contributed by atoms with E-state index < -0.39 is 23.3 Å². The number of benzene rings is 2.